The van der Waals surface area contributed by atoms with Crippen LogP contribution in [-0.2, 0) is 0 Å². The summed E-state index contributed by atoms with van der Waals surface area (Å²) in [6.45, 7) is 0. The van der Waals surface area contributed by atoms with Gasteiger partial charge in [-0.05, 0) is 12.1 Å². The van der Waals surface area contributed by atoms with E-state index in [1.54, 1.807) is 0 Å². The van der Waals surface area contributed by atoms with Gasteiger partial charge in [0.2, 0.25) is 0 Å². The van der Waals surface area contributed by atoms with Crippen molar-refractivity contribution >= 4 is 39.0 Å². The number of hydrogen-bond donors (Lipinski definition) is 0. The molecule has 1 rings (SSSR count). The summed E-state index contributed by atoms with van der Waals surface area (Å²) in [7, 11) is 0. The molecule has 0 spiro atoms. The van der Waals surface area contributed by atoms with Crippen LogP contribution in [0.25, 0.3) is 0 Å². The van der Waals surface area contributed by atoms with Crippen molar-refractivity contribution in [3.63, 3.8) is 0 Å². The Kier molecular flexibility index (Phi) is 3.44. The highest BCUT2D eigenvalue weighted by molar-refractivity contribution is 14.1. The summed E-state index contributed by atoms with van der Waals surface area (Å²) in [5.41, 5.74) is 0. The Morgan fingerprint density at radius 2 is 1.55 bits per heavy atom. The Morgan fingerprint density at radius 1 is 1.09 bits per heavy atom. The summed E-state index contributed by atoms with van der Waals surface area (Å²) in [4.78, 5) is 0. The quantitative estimate of drug-likeness (QED) is 0.418. The molecule has 0 fully saturated rings. The molecule has 0 aliphatic rings. The molecule has 0 unspecified atom stereocenters. The lowest BCUT2D eigenvalue weighted by atomic mass is 10.3. The second kappa shape index (κ2) is 3.95. The molecular formula is C6H2F3IMg. The number of halogens is 4. The van der Waals surface area contributed by atoms with E-state index in [1.807, 2.05) is 0 Å². The molecule has 0 nitrogen and oxygen atoms in total. The van der Waals surface area contributed by atoms with Gasteiger partial charge in [0.05, 0.1) is 0 Å². The van der Waals surface area contributed by atoms with Crippen molar-refractivity contribution in [2.45, 2.75) is 0 Å². The maximum Gasteiger partial charge on any atom is 0.502 e. The van der Waals surface area contributed by atoms with Crippen molar-refractivity contribution in [1.82, 2.24) is 0 Å². The predicted octanol–water partition coefficient (Wildman–Crippen LogP) is 1.78. The van der Waals surface area contributed by atoms with Crippen molar-refractivity contribution in [1.29, 1.82) is 0 Å². The van der Waals surface area contributed by atoms with Crippen molar-refractivity contribution in [2.24, 2.45) is 0 Å². The van der Waals surface area contributed by atoms with Gasteiger partial charge in [0, 0.05) is 0 Å². The maximum atomic E-state index is 12.4. The van der Waals surface area contributed by atoms with Gasteiger partial charge >= 0.3 is 16.5 Å². The van der Waals surface area contributed by atoms with E-state index < -0.39 is 33.9 Å². The van der Waals surface area contributed by atoms with Crippen LogP contribution in [0.4, 0.5) is 13.2 Å². The van der Waals surface area contributed by atoms with Crippen LogP contribution in [0.1, 0.15) is 0 Å². The number of hydrogen-bond acceptors (Lipinski definition) is 0. The van der Waals surface area contributed by atoms with Crippen LogP contribution in [0.2, 0.25) is 0 Å². The van der Waals surface area contributed by atoms with Gasteiger partial charge in [-0.25, -0.2) is 13.2 Å². The van der Waals surface area contributed by atoms with Crippen LogP contribution in [0.3, 0.4) is 0 Å². The van der Waals surface area contributed by atoms with Crippen LogP contribution < -0.4 is 3.69 Å². The Bertz CT molecular complexity index is 254. The summed E-state index contributed by atoms with van der Waals surface area (Å²) in [6, 6.07) is 2.11. The minimum Gasteiger partial charge on any atom is -0.291 e. The monoisotopic (exact) mass is 282 g/mol. The molecule has 0 aliphatic heterocycles. The Morgan fingerprint density at radius 3 is 1.91 bits per heavy atom. The van der Waals surface area contributed by atoms with Gasteiger partial charge in [0.1, 0.15) is 0 Å². The third-order valence-corrected chi connectivity index (χ3v) is 4.56. The van der Waals surface area contributed by atoms with Gasteiger partial charge < -0.3 is 0 Å². The van der Waals surface area contributed by atoms with Crippen molar-refractivity contribution in [3.05, 3.63) is 29.6 Å². The molecule has 56 valence electrons. The maximum absolute atomic E-state index is 12.4. The molecule has 0 atom stereocenters. The molecule has 0 saturated carbocycles. The van der Waals surface area contributed by atoms with Gasteiger partial charge in [-0.1, -0.05) is 0 Å². The van der Waals surface area contributed by atoms with E-state index in [4.69, 9.17) is 0 Å². The van der Waals surface area contributed by atoms with Gasteiger partial charge in [0.15, 0.2) is 17.5 Å². The lowest BCUT2D eigenvalue weighted by molar-refractivity contribution is 0.448. The van der Waals surface area contributed by atoms with Crippen molar-refractivity contribution < 1.29 is 13.2 Å². The largest absolute Gasteiger partial charge is 0.502 e. The molecule has 0 heterocycles. The molecule has 11 heavy (non-hydrogen) atoms. The van der Waals surface area contributed by atoms with Gasteiger partial charge in [-0.3, -0.25) is 18.9 Å². The Labute approximate surface area is 81.3 Å². The summed E-state index contributed by atoms with van der Waals surface area (Å²) < 4.78 is 37.8. The summed E-state index contributed by atoms with van der Waals surface area (Å²) in [5, 5.41) is 0. The van der Waals surface area contributed by atoms with E-state index in [-0.39, 0.29) is 0 Å². The topological polar surface area (TPSA) is 0 Å². The molecule has 0 amide bonds. The third-order valence-electron chi connectivity index (χ3n) is 1.20. The lowest BCUT2D eigenvalue weighted by Crippen LogP contribution is -2.11. The summed E-state index contributed by atoms with van der Waals surface area (Å²) in [6.07, 6.45) is 0. The van der Waals surface area contributed by atoms with Crippen LogP contribution in [0.5, 0.6) is 0 Å². The molecule has 0 aromatic heterocycles. The first-order valence-corrected chi connectivity index (χ1v) is 8.66. The second-order valence-electron chi connectivity index (χ2n) is 2.01. The molecule has 1 aromatic rings. The van der Waals surface area contributed by atoms with E-state index in [0.29, 0.717) is 3.69 Å². The van der Waals surface area contributed by atoms with Gasteiger partial charge in [-0.15, -0.1) is 3.69 Å². The minimum atomic E-state index is -1.38. The zero-order valence-electron chi connectivity index (χ0n) is 5.37. The van der Waals surface area contributed by atoms with Gasteiger partial charge in [0.25, 0.3) is 0 Å². The van der Waals surface area contributed by atoms with Crippen molar-refractivity contribution in [3.8, 4) is 0 Å². The first-order chi connectivity index (χ1) is 5.15. The minimum absolute atomic E-state index is 0.585. The lowest BCUT2D eigenvalue weighted by Gasteiger charge is -1.97. The van der Waals surface area contributed by atoms with E-state index in [9.17, 15) is 13.2 Å². The van der Waals surface area contributed by atoms with Crippen LogP contribution >= 0.6 is 18.9 Å². The SMILES string of the molecule is Fc1c[c]([Mg][I])cc(F)c1F. The third kappa shape index (κ3) is 2.22. The fourth-order valence-electron chi connectivity index (χ4n) is 0.685. The first kappa shape index (κ1) is 9.59. The van der Waals surface area contributed by atoms with E-state index >= 15 is 0 Å². The zero-order valence-corrected chi connectivity index (χ0v) is 8.95. The molecule has 0 N–H and O–H groups in total. The molecular weight excluding hydrogens is 280 g/mol. The molecule has 0 saturated heterocycles. The number of rotatable bonds is 1. The zero-order chi connectivity index (χ0) is 8.43. The molecule has 5 heteroatoms. The summed E-state index contributed by atoms with van der Waals surface area (Å²) in [5.74, 6) is -3.57. The average molecular weight is 282 g/mol. The smallest absolute Gasteiger partial charge is 0.291 e. The molecule has 0 radical (unpaired) electrons. The molecule has 0 bridgehead atoms. The van der Waals surface area contributed by atoms with Crippen LogP contribution in [0.15, 0.2) is 12.1 Å². The number of benzene rings is 1. The standard InChI is InChI=1S/C6H2F3.HI.Mg/c7-4-2-1-3-5(8)6(4)9;;/h2-3H;1H;/q;;+1/p-1. The fraction of sp³-hybridized carbons (Fsp3) is 0. The first-order valence-electron chi connectivity index (χ1n) is 2.84. The highest BCUT2D eigenvalue weighted by Crippen LogP contribution is 2.07. The normalized spacial score (nSPS) is 9.45. The average Bonchev–Trinajstić information content (AvgIpc) is 1.99. The highest BCUT2D eigenvalue weighted by Gasteiger charge is 2.09. The molecule has 0 aliphatic carbocycles. The second-order valence-corrected chi connectivity index (χ2v) is 5.38. The van der Waals surface area contributed by atoms with Gasteiger partial charge in [-0.2, -0.15) is 0 Å². The highest BCUT2D eigenvalue weighted by atomic mass is 127. The van der Waals surface area contributed by atoms with Crippen molar-refractivity contribution in [2.75, 3.05) is 0 Å². The van der Waals surface area contributed by atoms with Crippen LogP contribution in [-0.4, -0.2) is 16.5 Å². The molecule has 1 aromatic carbocycles. The van der Waals surface area contributed by atoms with E-state index in [0.717, 1.165) is 12.1 Å². The summed E-state index contributed by atoms with van der Waals surface area (Å²) >= 11 is 1.44. The van der Waals surface area contributed by atoms with Crippen LogP contribution in [0, 0.1) is 17.5 Å². The fourth-order valence-corrected chi connectivity index (χ4v) is 2.52. The van der Waals surface area contributed by atoms with E-state index in [2.05, 4.69) is 18.9 Å². The Hall–Kier alpha value is 0.506. The van der Waals surface area contributed by atoms with E-state index in [1.165, 1.54) is 0 Å². The Balaban J connectivity index is 3.21. The predicted molar refractivity (Wildman–Crippen MR) is 45.7 cm³/mol.